The van der Waals surface area contributed by atoms with Crippen molar-refractivity contribution in [2.24, 2.45) is 5.41 Å². The van der Waals surface area contributed by atoms with Crippen LogP contribution in [0.5, 0.6) is 17.2 Å². The number of anilines is 1. The number of carbonyl (C=O) groups is 3. The number of hydrogen-bond donors (Lipinski definition) is 0. The smallest absolute Gasteiger partial charge is 0.203 e. The van der Waals surface area contributed by atoms with E-state index in [4.69, 9.17) is 14.2 Å². The molecule has 1 spiro atoms. The van der Waals surface area contributed by atoms with E-state index in [-0.39, 0.29) is 28.8 Å². The second kappa shape index (κ2) is 10.2. The Hall–Kier alpha value is -5.24. The average Bonchev–Trinajstić information content (AvgIpc) is 3.49. The highest BCUT2D eigenvalue weighted by Crippen LogP contribution is 2.63. The van der Waals surface area contributed by atoms with Crippen LogP contribution in [-0.2, 0) is 0 Å². The topological polar surface area (TPSA) is 82.1 Å². The maximum Gasteiger partial charge on any atom is 0.203 e. The Labute approximate surface area is 253 Å². The molecule has 44 heavy (non-hydrogen) atoms. The lowest BCUT2D eigenvalue weighted by Crippen LogP contribution is -2.48. The van der Waals surface area contributed by atoms with E-state index in [1.165, 1.54) is 33.5 Å². The van der Waals surface area contributed by atoms with Gasteiger partial charge in [-0.2, -0.15) is 0 Å². The lowest BCUT2D eigenvalue weighted by molar-refractivity contribution is 0.0664. The van der Waals surface area contributed by atoms with Crippen LogP contribution in [0.15, 0.2) is 91.0 Å². The summed E-state index contributed by atoms with van der Waals surface area (Å²) in [6, 6.07) is 21.3. The van der Waals surface area contributed by atoms with E-state index < -0.39 is 29.2 Å². The van der Waals surface area contributed by atoms with E-state index in [1.807, 2.05) is 11.0 Å². The molecular weight excluding hydrogens is 561 g/mol. The summed E-state index contributed by atoms with van der Waals surface area (Å²) in [6.07, 6.45) is 3.48. The number of ketones is 3. The van der Waals surface area contributed by atoms with Gasteiger partial charge in [0, 0.05) is 39.4 Å². The molecule has 0 N–H and O–H groups in total. The van der Waals surface area contributed by atoms with E-state index in [9.17, 15) is 18.8 Å². The molecule has 0 bridgehead atoms. The van der Waals surface area contributed by atoms with Crippen molar-refractivity contribution in [1.82, 2.24) is 0 Å². The van der Waals surface area contributed by atoms with E-state index in [2.05, 4.69) is 0 Å². The van der Waals surface area contributed by atoms with Crippen molar-refractivity contribution in [3.8, 4) is 17.2 Å². The lowest BCUT2D eigenvalue weighted by atomic mass is 9.64. The molecular formula is C36H28FNO6. The number of methoxy groups -OCH3 is 3. The highest BCUT2D eigenvalue weighted by Gasteiger charge is 2.72. The van der Waals surface area contributed by atoms with Crippen molar-refractivity contribution in [2.75, 3.05) is 26.2 Å². The minimum absolute atomic E-state index is 0.252. The zero-order chi connectivity index (χ0) is 30.7. The van der Waals surface area contributed by atoms with Crippen LogP contribution < -0.4 is 19.1 Å². The fourth-order valence-electron chi connectivity index (χ4n) is 7.43. The van der Waals surface area contributed by atoms with Crippen LogP contribution in [0, 0.1) is 11.2 Å². The number of hydrogen-bond acceptors (Lipinski definition) is 7. The van der Waals surface area contributed by atoms with Crippen LogP contribution >= 0.6 is 0 Å². The molecule has 0 amide bonds. The molecule has 4 aromatic carbocycles. The van der Waals surface area contributed by atoms with Crippen molar-refractivity contribution in [3.05, 3.63) is 125 Å². The number of halogens is 1. The van der Waals surface area contributed by atoms with Crippen LogP contribution in [0.1, 0.15) is 48.1 Å². The highest BCUT2D eigenvalue weighted by molar-refractivity contribution is 6.32. The Morgan fingerprint density at radius 2 is 1.45 bits per heavy atom. The van der Waals surface area contributed by atoms with Gasteiger partial charge in [0.15, 0.2) is 28.8 Å². The molecule has 8 heteroatoms. The molecule has 2 aliphatic heterocycles. The van der Waals surface area contributed by atoms with Crippen LogP contribution in [0.2, 0.25) is 0 Å². The van der Waals surface area contributed by atoms with Gasteiger partial charge >= 0.3 is 0 Å². The molecule has 1 saturated heterocycles. The summed E-state index contributed by atoms with van der Waals surface area (Å²) < 4.78 is 31.7. The largest absolute Gasteiger partial charge is 0.493 e. The molecule has 0 radical (unpaired) electrons. The SMILES string of the molecule is COc1ccc([C@H]2[C@H](C(=O)c3ccccc3)N3c4ccc(F)cc4C=C[C@@H]3C23C(=O)c2ccccc2C3=O)c(OC)c1OC. The van der Waals surface area contributed by atoms with Crippen molar-refractivity contribution >= 4 is 29.1 Å². The molecule has 0 unspecified atom stereocenters. The molecule has 1 fully saturated rings. The van der Waals surface area contributed by atoms with Gasteiger partial charge in [-0.25, -0.2) is 4.39 Å². The first-order valence-electron chi connectivity index (χ1n) is 14.2. The van der Waals surface area contributed by atoms with E-state index in [0.717, 1.165) is 0 Å². The first kappa shape index (κ1) is 27.6. The summed E-state index contributed by atoms with van der Waals surface area (Å²) in [5, 5.41) is 0. The van der Waals surface area contributed by atoms with Gasteiger partial charge in [0.1, 0.15) is 17.3 Å². The number of carbonyl (C=O) groups excluding carboxylic acids is 3. The Bertz CT molecular complexity index is 1850. The number of fused-ring (bicyclic) bond motifs is 5. The quantitative estimate of drug-likeness (QED) is 0.197. The van der Waals surface area contributed by atoms with Crippen molar-refractivity contribution in [3.63, 3.8) is 0 Å². The van der Waals surface area contributed by atoms with Gasteiger partial charge in [-0.15, -0.1) is 0 Å². The Morgan fingerprint density at radius 3 is 2.09 bits per heavy atom. The fourth-order valence-corrected chi connectivity index (χ4v) is 7.43. The van der Waals surface area contributed by atoms with Crippen molar-refractivity contribution in [2.45, 2.75) is 18.0 Å². The number of benzene rings is 4. The maximum atomic E-state index is 14.9. The van der Waals surface area contributed by atoms with Gasteiger partial charge < -0.3 is 19.1 Å². The Kier molecular flexibility index (Phi) is 6.39. The highest BCUT2D eigenvalue weighted by atomic mass is 19.1. The third kappa shape index (κ3) is 3.57. The predicted octanol–water partition coefficient (Wildman–Crippen LogP) is 6.17. The van der Waals surface area contributed by atoms with E-state index >= 15 is 0 Å². The standard InChI is InChI=1S/C36H28FNO6/c1-42-27-17-15-25(32(43-2)33(27)44-3)29-30(31(39)20-9-5-4-6-10-20)38-26-16-14-22(37)19-21(26)13-18-28(38)36(29)34(40)23-11-7-8-12-24(23)35(36)41/h4-19,28-30H,1-3H3/t28-,29+,30-/m1/s1. The second-order valence-corrected chi connectivity index (χ2v) is 11.1. The molecule has 0 saturated carbocycles. The molecule has 1 aliphatic carbocycles. The molecule has 2 heterocycles. The van der Waals surface area contributed by atoms with E-state index in [0.29, 0.717) is 39.3 Å². The third-order valence-electron chi connectivity index (χ3n) is 9.16. The van der Waals surface area contributed by atoms with Crippen LogP contribution in [-0.4, -0.2) is 50.8 Å². The van der Waals surface area contributed by atoms with Crippen LogP contribution in [0.4, 0.5) is 10.1 Å². The number of rotatable bonds is 6. The van der Waals surface area contributed by atoms with Crippen LogP contribution in [0.25, 0.3) is 6.08 Å². The second-order valence-electron chi connectivity index (χ2n) is 11.1. The monoisotopic (exact) mass is 589 g/mol. The predicted molar refractivity (Wildman–Crippen MR) is 163 cm³/mol. The molecule has 3 aliphatic rings. The summed E-state index contributed by atoms with van der Waals surface area (Å²) in [5.41, 5.74) is 0.783. The number of ether oxygens (including phenoxy) is 3. The first-order valence-corrected chi connectivity index (χ1v) is 14.2. The van der Waals surface area contributed by atoms with Gasteiger partial charge in [-0.1, -0.05) is 72.8 Å². The Morgan fingerprint density at radius 1 is 0.795 bits per heavy atom. The average molecular weight is 590 g/mol. The normalized spacial score (nSPS) is 20.7. The lowest BCUT2D eigenvalue weighted by Gasteiger charge is -2.37. The minimum atomic E-state index is -1.76. The molecule has 7 nitrogen and oxygen atoms in total. The maximum absolute atomic E-state index is 14.9. The summed E-state index contributed by atoms with van der Waals surface area (Å²) in [4.78, 5) is 46.4. The Balaban J connectivity index is 1.60. The summed E-state index contributed by atoms with van der Waals surface area (Å²) in [5.74, 6) is -1.63. The summed E-state index contributed by atoms with van der Waals surface area (Å²) >= 11 is 0. The van der Waals surface area contributed by atoms with Crippen LogP contribution in [0.3, 0.4) is 0 Å². The van der Waals surface area contributed by atoms with Gasteiger partial charge in [0.25, 0.3) is 0 Å². The molecule has 220 valence electrons. The fraction of sp³-hybridized carbons (Fsp3) is 0.194. The molecule has 4 aromatic rings. The van der Waals surface area contributed by atoms with Gasteiger partial charge in [0.05, 0.1) is 27.4 Å². The van der Waals surface area contributed by atoms with Crippen molar-refractivity contribution < 1.29 is 33.0 Å². The summed E-state index contributed by atoms with van der Waals surface area (Å²) in [7, 11) is 4.44. The molecule has 0 aromatic heterocycles. The van der Waals surface area contributed by atoms with Gasteiger partial charge in [-0.05, 0) is 24.3 Å². The summed E-state index contributed by atoms with van der Waals surface area (Å²) in [6.45, 7) is 0. The zero-order valence-corrected chi connectivity index (χ0v) is 24.2. The van der Waals surface area contributed by atoms with Gasteiger partial charge in [-0.3, -0.25) is 14.4 Å². The van der Waals surface area contributed by atoms with Gasteiger partial charge in [0.2, 0.25) is 5.75 Å². The number of Topliss-reactive ketones (excluding diaryl/α,β-unsaturated/α-hetero) is 3. The van der Waals surface area contributed by atoms with Crippen molar-refractivity contribution in [1.29, 1.82) is 0 Å². The number of nitrogens with zero attached hydrogens (tertiary/aromatic N) is 1. The molecule has 3 atom stereocenters. The first-order chi connectivity index (χ1) is 21.4. The zero-order valence-electron chi connectivity index (χ0n) is 24.2. The minimum Gasteiger partial charge on any atom is -0.493 e. The molecule has 7 rings (SSSR count). The third-order valence-corrected chi connectivity index (χ3v) is 9.16. The van der Waals surface area contributed by atoms with E-state index in [1.54, 1.807) is 78.9 Å².